The van der Waals surface area contributed by atoms with Gasteiger partial charge in [0.15, 0.2) is 0 Å². The molecule has 5 nitrogen and oxygen atoms in total. The first-order valence-electron chi connectivity index (χ1n) is 6.97. The highest BCUT2D eigenvalue weighted by Gasteiger charge is 2.14. The quantitative estimate of drug-likeness (QED) is 0.742. The second kappa shape index (κ2) is 6.95. The Morgan fingerprint density at radius 2 is 2.17 bits per heavy atom. The number of anilines is 1. The van der Waals surface area contributed by atoms with Crippen molar-refractivity contribution in [1.29, 1.82) is 0 Å². The van der Waals surface area contributed by atoms with E-state index in [1.807, 2.05) is 23.6 Å². The SMILES string of the molecule is O=C(Nc1cc(-c2cccc(Cl)c2)nn1CCO)c1cccs1. The Hall–Kier alpha value is -2.15. The third-order valence-corrected chi connectivity index (χ3v) is 4.30. The van der Waals surface area contributed by atoms with Crippen molar-refractivity contribution >= 4 is 34.7 Å². The van der Waals surface area contributed by atoms with E-state index in [2.05, 4.69) is 10.4 Å². The van der Waals surface area contributed by atoms with Gasteiger partial charge < -0.3 is 10.4 Å². The van der Waals surface area contributed by atoms with Gasteiger partial charge in [0.2, 0.25) is 0 Å². The van der Waals surface area contributed by atoms with Crippen LogP contribution >= 0.6 is 22.9 Å². The van der Waals surface area contributed by atoms with E-state index in [9.17, 15) is 9.90 Å². The molecule has 1 aromatic carbocycles. The first-order chi connectivity index (χ1) is 11.2. The van der Waals surface area contributed by atoms with E-state index in [0.29, 0.717) is 28.0 Å². The van der Waals surface area contributed by atoms with Crippen LogP contribution in [0.5, 0.6) is 0 Å². The maximum Gasteiger partial charge on any atom is 0.266 e. The Morgan fingerprint density at radius 1 is 1.30 bits per heavy atom. The van der Waals surface area contributed by atoms with Crippen molar-refractivity contribution in [3.8, 4) is 11.3 Å². The summed E-state index contributed by atoms with van der Waals surface area (Å²) in [4.78, 5) is 12.8. The maximum atomic E-state index is 12.2. The fourth-order valence-electron chi connectivity index (χ4n) is 2.16. The van der Waals surface area contributed by atoms with Crippen LogP contribution in [-0.2, 0) is 6.54 Å². The monoisotopic (exact) mass is 347 g/mol. The molecule has 0 saturated carbocycles. The van der Waals surface area contributed by atoms with Gasteiger partial charge in [-0.2, -0.15) is 5.10 Å². The first kappa shape index (κ1) is 15.7. The van der Waals surface area contributed by atoms with Gasteiger partial charge in [0.05, 0.1) is 23.7 Å². The molecule has 0 spiro atoms. The van der Waals surface area contributed by atoms with Crippen LogP contribution in [0, 0.1) is 0 Å². The lowest BCUT2D eigenvalue weighted by Gasteiger charge is -2.06. The van der Waals surface area contributed by atoms with Crippen molar-refractivity contribution < 1.29 is 9.90 Å². The molecule has 2 N–H and O–H groups in total. The summed E-state index contributed by atoms with van der Waals surface area (Å²) in [6.45, 7) is 0.221. The Kier molecular flexibility index (Phi) is 4.76. The number of hydrogen-bond acceptors (Lipinski definition) is 4. The smallest absolute Gasteiger partial charge is 0.266 e. The van der Waals surface area contributed by atoms with Gasteiger partial charge in [-0.1, -0.05) is 29.8 Å². The third kappa shape index (κ3) is 3.61. The molecule has 118 valence electrons. The Labute approximate surface area is 142 Å². The molecule has 2 aromatic heterocycles. The summed E-state index contributed by atoms with van der Waals surface area (Å²) in [6, 6.07) is 12.7. The van der Waals surface area contributed by atoms with Gasteiger partial charge in [0.1, 0.15) is 5.82 Å². The number of nitrogens with zero attached hydrogens (tertiary/aromatic N) is 2. The molecule has 1 amide bonds. The minimum absolute atomic E-state index is 0.0709. The number of halogens is 1. The van der Waals surface area contributed by atoms with E-state index in [1.165, 1.54) is 11.3 Å². The maximum absolute atomic E-state index is 12.2. The Morgan fingerprint density at radius 3 is 2.87 bits per heavy atom. The zero-order chi connectivity index (χ0) is 16.2. The summed E-state index contributed by atoms with van der Waals surface area (Å²) in [5, 5.41) is 18.9. The van der Waals surface area contributed by atoms with Crippen molar-refractivity contribution in [2.75, 3.05) is 11.9 Å². The number of aromatic nitrogens is 2. The number of nitrogens with one attached hydrogen (secondary N) is 1. The van der Waals surface area contributed by atoms with Gasteiger partial charge in [-0.25, -0.2) is 4.68 Å². The van der Waals surface area contributed by atoms with Crippen LogP contribution in [-0.4, -0.2) is 27.4 Å². The number of carbonyl (C=O) groups is 1. The molecule has 0 unspecified atom stereocenters. The lowest BCUT2D eigenvalue weighted by atomic mass is 10.1. The molecule has 0 fully saturated rings. The molecule has 0 aliphatic heterocycles. The second-order valence-corrected chi connectivity index (χ2v) is 6.19. The summed E-state index contributed by atoms with van der Waals surface area (Å²) < 4.78 is 1.57. The molecule has 0 aliphatic rings. The van der Waals surface area contributed by atoms with Crippen LogP contribution in [0.4, 0.5) is 5.82 Å². The second-order valence-electron chi connectivity index (χ2n) is 4.80. The van der Waals surface area contributed by atoms with Crippen LogP contribution in [0.2, 0.25) is 5.02 Å². The molecule has 0 aliphatic carbocycles. The van der Waals surface area contributed by atoms with Crippen molar-refractivity contribution in [2.45, 2.75) is 6.54 Å². The third-order valence-electron chi connectivity index (χ3n) is 3.20. The van der Waals surface area contributed by atoms with Crippen molar-refractivity contribution in [3.63, 3.8) is 0 Å². The van der Waals surface area contributed by atoms with Gasteiger partial charge in [-0.15, -0.1) is 11.3 Å². The fraction of sp³-hybridized carbons (Fsp3) is 0.125. The number of hydrogen-bond donors (Lipinski definition) is 2. The van der Waals surface area contributed by atoms with Crippen LogP contribution in [0.3, 0.4) is 0 Å². The van der Waals surface area contributed by atoms with Crippen molar-refractivity contribution in [3.05, 3.63) is 57.7 Å². The molecule has 0 bridgehead atoms. The van der Waals surface area contributed by atoms with E-state index in [0.717, 1.165) is 5.56 Å². The predicted molar refractivity (Wildman–Crippen MR) is 92.0 cm³/mol. The largest absolute Gasteiger partial charge is 0.394 e. The van der Waals surface area contributed by atoms with Gasteiger partial charge in [-0.05, 0) is 23.6 Å². The number of amides is 1. The summed E-state index contributed by atoms with van der Waals surface area (Å²) in [5.74, 6) is 0.337. The molecule has 3 aromatic rings. The highest BCUT2D eigenvalue weighted by molar-refractivity contribution is 7.12. The lowest BCUT2D eigenvalue weighted by molar-refractivity contribution is 0.102. The van der Waals surface area contributed by atoms with Gasteiger partial charge >= 0.3 is 0 Å². The molecule has 23 heavy (non-hydrogen) atoms. The zero-order valence-corrected chi connectivity index (χ0v) is 13.6. The number of benzene rings is 1. The number of aliphatic hydroxyl groups is 1. The normalized spacial score (nSPS) is 10.7. The number of rotatable bonds is 5. The molecule has 0 atom stereocenters. The van der Waals surface area contributed by atoms with E-state index in [4.69, 9.17) is 11.6 Å². The first-order valence-corrected chi connectivity index (χ1v) is 8.22. The van der Waals surface area contributed by atoms with E-state index >= 15 is 0 Å². The highest BCUT2D eigenvalue weighted by Crippen LogP contribution is 2.25. The van der Waals surface area contributed by atoms with E-state index < -0.39 is 0 Å². The molecule has 0 saturated heterocycles. The Balaban J connectivity index is 1.91. The van der Waals surface area contributed by atoms with Crippen LogP contribution in [0.1, 0.15) is 9.67 Å². The van der Waals surface area contributed by atoms with Crippen molar-refractivity contribution in [1.82, 2.24) is 9.78 Å². The minimum Gasteiger partial charge on any atom is -0.394 e. The number of carbonyl (C=O) groups excluding carboxylic acids is 1. The summed E-state index contributed by atoms with van der Waals surface area (Å²) in [6.07, 6.45) is 0. The fourth-order valence-corrected chi connectivity index (χ4v) is 2.97. The van der Waals surface area contributed by atoms with Crippen LogP contribution in [0.25, 0.3) is 11.3 Å². The molecule has 7 heteroatoms. The number of thiophene rings is 1. The molecular formula is C16H14ClN3O2S. The molecule has 2 heterocycles. The summed E-state index contributed by atoms with van der Waals surface area (Å²) in [7, 11) is 0. The predicted octanol–water partition coefficient (Wildman–Crippen LogP) is 3.51. The van der Waals surface area contributed by atoms with Gasteiger partial charge in [0.25, 0.3) is 5.91 Å². The van der Waals surface area contributed by atoms with E-state index in [1.54, 1.807) is 28.9 Å². The van der Waals surface area contributed by atoms with Crippen LogP contribution in [0.15, 0.2) is 47.8 Å². The standard InChI is InChI=1S/C16H14ClN3O2S/c17-12-4-1-3-11(9-12)13-10-15(20(19-13)6-7-21)18-16(22)14-5-2-8-23-14/h1-5,8-10,21H,6-7H2,(H,18,22). The molecular weight excluding hydrogens is 334 g/mol. The number of aliphatic hydroxyl groups excluding tert-OH is 1. The molecule has 0 radical (unpaired) electrons. The molecule has 3 rings (SSSR count). The lowest BCUT2D eigenvalue weighted by Crippen LogP contribution is -2.15. The topological polar surface area (TPSA) is 67.2 Å². The minimum atomic E-state index is -0.197. The highest BCUT2D eigenvalue weighted by atomic mass is 35.5. The van der Waals surface area contributed by atoms with Crippen molar-refractivity contribution in [2.24, 2.45) is 0 Å². The average Bonchev–Trinajstić information content (AvgIpc) is 3.18. The summed E-state index contributed by atoms with van der Waals surface area (Å²) in [5.41, 5.74) is 1.53. The van der Waals surface area contributed by atoms with Gasteiger partial charge in [0, 0.05) is 16.7 Å². The zero-order valence-electron chi connectivity index (χ0n) is 12.1. The van der Waals surface area contributed by atoms with E-state index in [-0.39, 0.29) is 12.5 Å². The average molecular weight is 348 g/mol. The Bertz CT molecular complexity index is 815. The van der Waals surface area contributed by atoms with Crippen LogP contribution < -0.4 is 5.32 Å². The summed E-state index contributed by atoms with van der Waals surface area (Å²) >= 11 is 7.38. The van der Waals surface area contributed by atoms with Gasteiger partial charge in [-0.3, -0.25) is 4.79 Å².